The summed E-state index contributed by atoms with van der Waals surface area (Å²) < 4.78 is 5.53. The smallest absolute Gasteiger partial charge is 0.253 e. The van der Waals surface area contributed by atoms with Crippen LogP contribution in [-0.4, -0.2) is 78.9 Å². The van der Waals surface area contributed by atoms with Crippen molar-refractivity contribution in [3.63, 3.8) is 0 Å². The zero-order valence-corrected chi connectivity index (χ0v) is 17.0. The summed E-state index contributed by atoms with van der Waals surface area (Å²) in [6.45, 7) is 10.2. The summed E-state index contributed by atoms with van der Waals surface area (Å²) in [6, 6.07) is 5.74. The highest BCUT2D eigenvalue weighted by Crippen LogP contribution is 2.26. The van der Waals surface area contributed by atoms with Crippen LogP contribution < -0.4 is 4.74 Å². The number of nitrogens with zero attached hydrogens (tertiary/aromatic N) is 3. The minimum absolute atomic E-state index is 0.0827. The Kier molecular flexibility index (Phi) is 5.58. The van der Waals surface area contributed by atoms with E-state index >= 15 is 0 Å². The molecule has 2 fully saturated rings. The molecule has 2 saturated heterocycles. The Balaban J connectivity index is 1.28. The third kappa shape index (κ3) is 4.17. The van der Waals surface area contributed by atoms with Gasteiger partial charge in [0.2, 0.25) is 5.91 Å². The van der Waals surface area contributed by atoms with Gasteiger partial charge >= 0.3 is 0 Å². The van der Waals surface area contributed by atoms with Crippen molar-refractivity contribution in [1.82, 2.24) is 14.7 Å². The molecule has 6 nitrogen and oxygen atoms in total. The number of carbonyl (C=O) groups excluding carboxylic acids is 2. The Labute approximate surface area is 167 Å². The molecule has 4 rings (SSSR count). The van der Waals surface area contributed by atoms with Gasteiger partial charge in [-0.2, -0.15) is 0 Å². The molecule has 0 saturated carbocycles. The first-order chi connectivity index (χ1) is 13.5. The van der Waals surface area contributed by atoms with Gasteiger partial charge in [0.25, 0.3) is 5.91 Å². The lowest BCUT2D eigenvalue weighted by Gasteiger charge is -2.38. The fraction of sp³-hybridized carbons (Fsp3) is 0.636. The third-order valence-electron chi connectivity index (χ3n) is 6.18. The van der Waals surface area contributed by atoms with Crippen molar-refractivity contribution in [3.05, 3.63) is 29.3 Å². The number of rotatable bonds is 3. The van der Waals surface area contributed by atoms with Crippen molar-refractivity contribution in [2.24, 2.45) is 11.8 Å². The van der Waals surface area contributed by atoms with E-state index in [2.05, 4.69) is 18.7 Å². The molecule has 2 amide bonds. The summed E-state index contributed by atoms with van der Waals surface area (Å²) in [5, 5.41) is 0. The molecule has 1 aromatic carbocycles. The van der Waals surface area contributed by atoms with E-state index in [0.29, 0.717) is 38.1 Å². The summed E-state index contributed by atoms with van der Waals surface area (Å²) >= 11 is 0. The molecule has 152 valence electrons. The lowest BCUT2D eigenvalue weighted by Crippen LogP contribution is -2.53. The maximum atomic E-state index is 12.8. The van der Waals surface area contributed by atoms with Crippen LogP contribution in [0.5, 0.6) is 5.75 Å². The highest BCUT2D eigenvalue weighted by atomic mass is 16.5. The monoisotopic (exact) mass is 385 g/mol. The van der Waals surface area contributed by atoms with E-state index in [0.717, 1.165) is 49.5 Å². The molecule has 1 aromatic rings. The molecule has 3 heterocycles. The standard InChI is InChI=1S/C22H31N3O3/c1-16-11-17(2)14-25(13-16)21(26)15-23-6-8-24(9-7-23)22(27)19-3-4-20-18(12-19)5-10-28-20/h3-4,12,16-17H,5-11,13-15H2,1-2H3/t16-,17-/m0/s1. The number of likely N-dealkylation sites (tertiary alicyclic amines) is 1. The summed E-state index contributed by atoms with van der Waals surface area (Å²) in [4.78, 5) is 31.7. The van der Waals surface area contributed by atoms with E-state index in [9.17, 15) is 9.59 Å². The van der Waals surface area contributed by atoms with Crippen molar-refractivity contribution in [2.75, 3.05) is 52.4 Å². The van der Waals surface area contributed by atoms with Crippen molar-refractivity contribution in [3.8, 4) is 5.75 Å². The summed E-state index contributed by atoms with van der Waals surface area (Å²) in [5.74, 6) is 2.39. The van der Waals surface area contributed by atoms with Crippen LogP contribution in [0.1, 0.15) is 36.2 Å². The number of benzene rings is 1. The van der Waals surface area contributed by atoms with Crippen LogP contribution >= 0.6 is 0 Å². The van der Waals surface area contributed by atoms with Crippen molar-refractivity contribution >= 4 is 11.8 Å². The maximum absolute atomic E-state index is 12.8. The number of amides is 2. The van der Waals surface area contributed by atoms with Crippen LogP contribution in [0.4, 0.5) is 0 Å². The SMILES string of the molecule is C[C@H]1C[C@H](C)CN(C(=O)CN2CCN(C(=O)c3ccc4c(c3)CCO4)CC2)C1. The molecular weight excluding hydrogens is 354 g/mol. The van der Waals surface area contributed by atoms with Gasteiger partial charge in [-0.05, 0) is 42.0 Å². The second-order valence-electron chi connectivity index (χ2n) is 8.73. The molecule has 0 spiro atoms. The summed E-state index contributed by atoms with van der Waals surface area (Å²) in [5.41, 5.74) is 1.87. The van der Waals surface area contributed by atoms with Gasteiger partial charge in [0.15, 0.2) is 0 Å². The molecule has 0 N–H and O–H groups in total. The highest BCUT2D eigenvalue weighted by molar-refractivity contribution is 5.94. The molecule has 2 atom stereocenters. The zero-order chi connectivity index (χ0) is 19.7. The van der Waals surface area contributed by atoms with Crippen molar-refractivity contribution in [1.29, 1.82) is 0 Å². The number of carbonyl (C=O) groups is 2. The number of fused-ring (bicyclic) bond motifs is 1. The fourth-order valence-corrected chi connectivity index (χ4v) is 4.77. The van der Waals surface area contributed by atoms with Crippen molar-refractivity contribution < 1.29 is 14.3 Å². The number of piperidine rings is 1. The predicted molar refractivity (Wildman–Crippen MR) is 108 cm³/mol. The van der Waals surface area contributed by atoms with Crippen LogP contribution in [0, 0.1) is 11.8 Å². The van der Waals surface area contributed by atoms with Crippen LogP contribution in [0.3, 0.4) is 0 Å². The first-order valence-corrected chi connectivity index (χ1v) is 10.5. The van der Waals surface area contributed by atoms with E-state index in [-0.39, 0.29) is 11.8 Å². The van der Waals surface area contributed by atoms with Crippen LogP contribution in [0.2, 0.25) is 0 Å². The molecule has 6 heteroatoms. The number of ether oxygens (including phenoxy) is 1. The number of hydrogen-bond acceptors (Lipinski definition) is 4. The first kappa shape index (κ1) is 19.2. The second kappa shape index (κ2) is 8.11. The fourth-order valence-electron chi connectivity index (χ4n) is 4.77. The van der Waals surface area contributed by atoms with Gasteiger partial charge in [-0.25, -0.2) is 0 Å². The average molecular weight is 386 g/mol. The Morgan fingerprint density at radius 3 is 2.46 bits per heavy atom. The van der Waals surface area contributed by atoms with Gasteiger partial charge < -0.3 is 14.5 Å². The van der Waals surface area contributed by atoms with Gasteiger partial charge in [-0.15, -0.1) is 0 Å². The molecular formula is C22H31N3O3. The van der Waals surface area contributed by atoms with E-state index < -0.39 is 0 Å². The highest BCUT2D eigenvalue weighted by Gasteiger charge is 2.28. The van der Waals surface area contributed by atoms with E-state index in [1.165, 1.54) is 6.42 Å². The van der Waals surface area contributed by atoms with Gasteiger partial charge in [0.05, 0.1) is 13.2 Å². The molecule has 0 unspecified atom stereocenters. The van der Waals surface area contributed by atoms with E-state index in [1.807, 2.05) is 28.0 Å². The quantitative estimate of drug-likeness (QED) is 0.797. The lowest BCUT2D eigenvalue weighted by molar-refractivity contribution is -0.135. The first-order valence-electron chi connectivity index (χ1n) is 10.5. The summed E-state index contributed by atoms with van der Waals surface area (Å²) in [7, 11) is 0. The topological polar surface area (TPSA) is 53.1 Å². The van der Waals surface area contributed by atoms with Gasteiger partial charge in [0.1, 0.15) is 5.75 Å². The van der Waals surface area contributed by atoms with Gasteiger partial charge in [-0.1, -0.05) is 13.8 Å². The number of hydrogen-bond donors (Lipinski definition) is 0. The zero-order valence-electron chi connectivity index (χ0n) is 17.0. The van der Waals surface area contributed by atoms with Crippen LogP contribution in [0.15, 0.2) is 18.2 Å². The predicted octanol–water partition coefficient (Wildman–Crippen LogP) is 1.88. The molecule has 3 aliphatic heterocycles. The minimum atomic E-state index is 0.0827. The Morgan fingerprint density at radius 2 is 1.75 bits per heavy atom. The van der Waals surface area contributed by atoms with Gasteiger partial charge in [0, 0.05) is 51.3 Å². The largest absolute Gasteiger partial charge is 0.493 e. The maximum Gasteiger partial charge on any atom is 0.253 e. The molecule has 0 aromatic heterocycles. The summed E-state index contributed by atoms with van der Waals surface area (Å²) in [6.07, 6.45) is 2.08. The van der Waals surface area contributed by atoms with Crippen LogP contribution in [0.25, 0.3) is 0 Å². The molecule has 0 radical (unpaired) electrons. The Bertz CT molecular complexity index is 733. The Morgan fingerprint density at radius 1 is 1.04 bits per heavy atom. The lowest BCUT2D eigenvalue weighted by atomic mass is 9.92. The molecule has 0 aliphatic carbocycles. The average Bonchev–Trinajstić information content (AvgIpc) is 3.15. The Hall–Kier alpha value is -2.08. The van der Waals surface area contributed by atoms with E-state index in [4.69, 9.17) is 4.74 Å². The number of piperazine rings is 1. The second-order valence-corrected chi connectivity index (χ2v) is 8.73. The molecule has 0 bridgehead atoms. The van der Waals surface area contributed by atoms with E-state index in [1.54, 1.807) is 0 Å². The minimum Gasteiger partial charge on any atom is -0.493 e. The van der Waals surface area contributed by atoms with Crippen molar-refractivity contribution in [2.45, 2.75) is 26.7 Å². The van der Waals surface area contributed by atoms with Crippen LogP contribution in [-0.2, 0) is 11.2 Å². The molecule has 3 aliphatic rings. The molecule has 28 heavy (non-hydrogen) atoms. The third-order valence-corrected chi connectivity index (χ3v) is 6.18. The normalized spacial score (nSPS) is 25.4. The van der Waals surface area contributed by atoms with Gasteiger partial charge in [-0.3, -0.25) is 14.5 Å².